The minimum Gasteiger partial charge on any atom is -0.483 e. The summed E-state index contributed by atoms with van der Waals surface area (Å²) in [7, 11) is 0. The predicted molar refractivity (Wildman–Crippen MR) is 76.6 cm³/mol. The molecule has 0 aliphatic heterocycles. The van der Waals surface area contributed by atoms with Crippen molar-refractivity contribution in [1.82, 2.24) is 14.8 Å². The second kappa shape index (κ2) is 5.01. The molecule has 5 heteroatoms. The standard InChI is InChI=1S/C14H15N3OS/c1-10(2)17-8-11(7-15-17)18-9-14-16-12-5-3-4-6-13(12)19-14/h3-8,10H,9H2,1-2H3. The zero-order valence-electron chi connectivity index (χ0n) is 10.9. The van der Waals surface area contributed by atoms with Gasteiger partial charge in [-0.3, -0.25) is 4.68 Å². The maximum Gasteiger partial charge on any atom is 0.157 e. The van der Waals surface area contributed by atoms with E-state index >= 15 is 0 Å². The van der Waals surface area contributed by atoms with Crippen molar-refractivity contribution in [3.8, 4) is 5.75 Å². The van der Waals surface area contributed by atoms with Gasteiger partial charge in [0.15, 0.2) is 5.75 Å². The number of rotatable bonds is 4. The number of ether oxygens (including phenoxy) is 1. The molecule has 0 saturated heterocycles. The highest BCUT2D eigenvalue weighted by Gasteiger charge is 2.06. The van der Waals surface area contributed by atoms with E-state index in [2.05, 4.69) is 30.0 Å². The normalized spacial score (nSPS) is 11.3. The topological polar surface area (TPSA) is 39.9 Å². The summed E-state index contributed by atoms with van der Waals surface area (Å²) in [5, 5.41) is 5.23. The molecule has 0 amide bonds. The first-order chi connectivity index (χ1) is 9.22. The van der Waals surface area contributed by atoms with E-state index in [-0.39, 0.29) is 0 Å². The molecule has 3 rings (SSSR count). The van der Waals surface area contributed by atoms with E-state index in [9.17, 15) is 0 Å². The molecular weight excluding hydrogens is 258 g/mol. The van der Waals surface area contributed by atoms with Crippen LogP contribution in [0.15, 0.2) is 36.7 Å². The fraction of sp³-hybridized carbons (Fsp3) is 0.286. The van der Waals surface area contributed by atoms with Crippen LogP contribution in [0.4, 0.5) is 0 Å². The third-order valence-electron chi connectivity index (χ3n) is 2.81. The van der Waals surface area contributed by atoms with E-state index < -0.39 is 0 Å². The van der Waals surface area contributed by atoms with E-state index in [0.717, 1.165) is 16.3 Å². The Morgan fingerprint density at radius 2 is 2.16 bits per heavy atom. The fourth-order valence-electron chi connectivity index (χ4n) is 1.80. The van der Waals surface area contributed by atoms with Crippen LogP contribution in [-0.2, 0) is 6.61 Å². The summed E-state index contributed by atoms with van der Waals surface area (Å²) in [5.41, 5.74) is 1.03. The number of para-hydroxylation sites is 1. The second-order valence-electron chi connectivity index (χ2n) is 4.61. The number of hydrogen-bond acceptors (Lipinski definition) is 4. The molecular formula is C14H15N3OS. The highest BCUT2D eigenvalue weighted by molar-refractivity contribution is 7.18. The van der Waals surface area contributed by atoms with Crippen molar-refractivity contribution in [2.45, 2.75) is 26.5 Å². The lowest BCUT2D eigenvalue weighted by atomic mass is 10.3. The van der Waals surface area contributed by atoms with Gasteiger partial charge < -0.3 is 4.74 Å². The number of benzene rings is 1. The Labute approximate surface area is 115 Å². The molecule has 2 aromatic heterocycles. The lowest BCUT2D eigenvalue weighted by molar-refractivity contribution is 0.305. The Morgan fingerprint density at radius 1 is 1.32 bits per heavy atom. The molecule has 2 heterocycles. The van der Waals surface area contributed by atoms with Crippen molar-refractivity contribution in [2.75, 3.05) is 0 Å². The lowest BCUT2D eigenvalue weighted by Gasteiger charge is -2.03. The van der Waals surface area contributed by atoms with Crippen LogP contribution in [0.1, 0.15) is 24.9 Å². The molecule has 19 heavy (non-hydrogen) atoms. The molecule has 0 fully saturated rings. The zero-order valence-corrected chi connectivity index (χ0v) is 11.7. The molecule has 0 bridgehead atoms. The lowest BCUT2D eigenvalue weighted by Crippen LogP contribution is -2.00. The van der Waals surface area contributed by atoms with Crippen molar-refractivity contribution in [3.05, 3.63) is 41.7 Å². The van der Waals surface area contributed by atoms with Gasteiger partial charge in [0.1, 0.15) is 11.6 Å². The van der Waals surface area contributed by atoms with E-state index in [4.69, 9.17) is 4.74 Å². The summed E-state index contributed by atoms with van der Waals surface area (Å²) >= 11 is 1.67. The monoisotopic (exact) mass is 273 g/mol. The summed E-state index contributed by atoms with van der Waals surface area (Å²) in [4.78, 5) is 4.54. The number of hydrogen-bond donors (Lipinski definition) is 0. The second-order valence-corrected chi connectivity index (χ2v) is 5.73. The molecule has 0 aliphatic rings. The Kier molecular flexibility index (Phi) is 3.21. The van der Waals surface area contributed by atoms with E-state index in [1.54, 1.807) is 17.5 Å². The molecule has 0 spiro atoms. The van der Waals surface area contributed by atoms with E-state index in [1.807, 2.05) is 29.1 Å². The maximum absolute atomic E-state index is 5.72. The predicted octanol–water partition coefficient (Wildman–Crippen LogP) is 3.65. The van der Waals surface area contributed by atoms with Crippen molar-refractivity contribution in [2.24, 2.45) is 0 Å². The number of nitrogens with zero attached hydrogens (tertiary/aromatic N) is 3. The highest BCUT2D eigenvalue weighted by atomic mass is 32.1. The SMILES string of the molecule is CC(C)n1cc(OCc2nc3ccccc3s2)cn1. The summed E-state index contributed by atoms with van der Waals surface area (Å²) in [6, 6.07) is 8.47. The van der Waals surface area contributed by atoms with Crippen molar-refractivity contribution in [1.29, 1.82) is 0 Å². The molecule has 4 nitrogen and oxygen atoms in total. The smallest absolute Gasteiger partial charge is 0.157 e. The average molecular weight is 273 g/mol. The van der Waals surface area contributed by atoms with Crippen LogP contribution in [0.3, 0.4) is 0 Å². The van der Waals surface area contributed by atoms with Crippen LogP contribution < -0.4 is 4.74 Å². The van der Waals surface area contributed by atoms with Crippen LogP contribution >= 0.6 is 11.3 Å². The first-order valence-electron chi connectivity index (χ1n) is 6.24. The van der Waals surface area contributed by atoms with Gasteiger partial charge in [-0.15, -0.1) is 11.3 Å². The van der Waals surface area contributed by atoms with E-state index in [0.29, 0.717) is 12.6 Å². The largest absolute Gasteiger partial charge is 0.483 e. The third kappa shape index (κ3) is 2.61. The van der Waals surface area contributed by atoms with Crippen molar-refractivity contribution >= 4 is 21.6 Å². The van der Waals surface area contributed by atoms with Gasteiger partial charge in [-0.25, -0.2) is 4.98 Å². The van der Waals surface area contributed by atoms with Crippen LogP contribution in [0.2, 0.25) is 0 Å². The summed E-state index contributed by atoms with van der Waals surface area (Å²) in [5.74, 6) is 0.785. The average Bonchev–Trinajstić information content (AvgIpc) is 3.02. The van der Waals surface area contributed by atoms with Gasteiger partial charge in [0.2, 0.25) is 0 Å². The highest BCUT2D eigenvalue weighted by Crippen LogP contribution is 2.23. The van der Waals surface area contributed by atoms with Crippen LogP contribution in [-0.4, -0.2) is 14.8 Å². The molecule has 0 N–H and O–H groups in total. The van der Waals surface area contributed by atoms with Crippen LogP contribution in [0, 0.1) is 0 Å². The Balaban J connectivity index is 1.71. The minimum atomic E-state index is 0.347. The van der Waals surface area contributed by atoms with Gasteiger partial charge in [-0.05, 0) is 26.0 Å². The Bertz CT molecular complexity index is 654. The quantitative estimate of drug-likeness (QED) is 0.728. The first kappa shape index (κ1) is 12.2. The third-order valence-corrected chi connectivity index (χ3v) is 3.82. The molecule has 0 saturated carbocycles. The first-order valence-corrected chi connectivity index (χ1v) is 7.05. The number of fused-ring (bicyclic) bond motifs is 1. The van der Waals surface area contributed by atoms with Crippen LogP contribution in [0.5, 0.6) is 5.75 Å². The summed E-state index contributed by atoms with van der Waals surface area (Å²) in [6.07, 6.45) is 3.66. The number of aromatic nitrogens is 3. The van der Waals surface area contributed by atoms with Crippen molar-refractivity contribution in [3.63, 3.8) is 0 Å². The van der Waals surface area contributed by atoms with Gasteiger partial charge in [0.05, 0.1) is 22.6 Å². The van der Waals surface area contributed by atoms with Gasteiger partial charge in [0.25, 0.3) is 0 Å². The van der Waals surface area contributed by atoms with Gasteiger partial charge in [-0.2, -0.15) is 5.10 Å². The van der Waals surface area contributed by atoms with E-state index in [1.165, 1.54) is 4.70 Å². The summed E-state index contributed by atoms with van der Waals surface area (Å²) < 4.78 is 8.79. The molecule has 0 aliphatic carbocycles. The van der Waals surface area contributed by atoms with Crippen LogP contribution in [0.25, 0.3) is 10.2 Å². The molecule has 0 radical (unpaired) electrons. The Morgan fingerprint density at radius 3 is 2.89 bits per heavy atom. The molecule has 1 aromatic carbocycles. The van der Waals surface area contributed by atoms with Gasteiger partial charge in [-0.1, -0.05) is 12.1 Å². The molecule has 3 aromatic rings. The van der Waals surface area contributed by atoms with Crippen molar-refractivity contribution < 1.29 is 4.74 Å². The Hall–Kier alpha value is -1.88. The molecule has 98 valence electrons. The zero-order chi connectivity index (χ0) is 13.2. The van der Waals surface area contributed by atoms with Gasteiger partial charge >= 0.3 is 0 Å². The minimum absolute atomic E-state index is 0.347. The summed E-state index contributed by atoms with van der Waals surface area (Å²) in [6.45, 7) is 4.66. The molecule has 0 unspecified atom stereocenters. The number of thiazole rings is 1. The van der Waals surface area contributed by atoms with Gasteiger partial charge in [0, 0.05) is 6.04 Å². The molecule has 0 atom stereocenters. The fourth-order valence-corrected chi connectivity index (χ4v) is 2.68. The maximum atomic E-state index is 5.72.